The molecule has 1 aromatic carbocycles. The largest absolute Gasteiger partial charge is 0.367 e. The van der Waals surface area contributed by atoms with Gasteiger partial charge in [0.2, 0.25) is 0 Å². The van der Waals surface area contributed by atoms with E-state index in [1.807, 2.05) is 17.1 Å². The van der Waals surface area contributed by atoms with Crippen LogP contribution in [0.1, 0.15) is 42.9 Å². The van der Waals surface area contributed by atoms with Crippen molar-refractivity contribution in [3.63, 3.8) is 0 Å². The van der Waals surface area contributed by atoms with Gasteiger partial charge in [0, 0.05) is 30.5 Å². The van der Waals surface area contributed by atoms with Crippen LogP contribution in [0.5, 0.6) is 0 Å². The van der Waals surface area contributed by atoms with E-state index < -0.39 is 9.84 Å². The predicted octanol–water partition coefficient (Wildman–Crippen LogP) is 2.76. The lowest BCUT2D eigenvalue weighted by atomic mass is 9.91. The molecule has 0 N–H and O–H groups in total. The smallest absolute Gasteiger partial charge is 0.152 e. The summed E-state index contributed by atoms with van der Waals surface area (Å²) in [6, 6.07) is 8.61. The van der Waals surface area contributed by atoms with Crippen LogP contribution in [0.4, 0.5) is 5.69 Å². The fraction of sp³-hybridized carbons (Fsp3) is 0.500. The third kappa shape index (κ3) is 2.95. The zero-order valence-corrected chi connectivity index (χ0v) is 14.7. The molecule has 1 fully saturated rings. The highest BCUT2D eigenvalue weighted by Crippen LogP contribution is 2.35. The lowest BCUT2D eigenvalue weighted by Crippen LogP contribution is -2.29. The third-order valence-corrected chi connectivity index (χ3v) is 7.00. The SMILES string of the molecule is C[C@H]1CCN(Cc2cnn([C@H]3CCS(=O)(=O)C3)c2)c2ccccc21. The first-order valence-electron chi connectivity index (χ1n) is 8.59. The lowest BCUT2D eigenvalue weighted by molar-refractivity contribution is 0.499. The molecule has 0 spiro atoms. The topological polar surface area (TPSA) is 55.2 Å². The second-order valence-electron chi connectivity index (χ2n) is 7.06. The predicted molar refractivity (Wildman–Crippen MR) is 95.1 cm³/mol. The second-order valence-corrected chi connectivity index (χ2v) is 9.28. The zero-order chi connectivity index (χ0) is 16.7. The van der Waals surface area contributed by atoms with E-state index >= 15 is 0 Å². The summed E-state index contributed by atoms with van der Waals surface area (Å²) in [5, 5.41) is 4.43. The molecular weight excluding hydrogens is 322 g/mol. The number of fused-ring (bicyclic) bond motifs is 1. The monoisotopic (exact) mass is 345 g/mol. The molecule has 1 saturated heterocycles. The minimum Gasteiger partial charge on any atom is -0.367 e. The Morgan fingerprint density at radius 2 is 2.08 bits per heavy atom. The molecule has 0 radical (unpaired) electrons. The van der Waals surface area contributed by atoms with Gasteiger partial charge in [-0.05, 0) is 30.4 Å². The Morgan fingerprint density at radius 3 is 2.88 bits per heavy atom. The number of hydrogen-bond acceptors (Lipinski definition) is 4. The van der Waals surface area contributed by atoms with Gasteiger partial charge in [-0.15, -0.1) is 0 Å². The highest BCUT2D eigenvalue weighted by atomic mass is 32.2. The molecule has 0 aliphatic carbocycles. The molecule has 0 saturated carbocycles. The Balaban J connectivity index is 1.52. The summed E-state index contributed by atoms with van der Waals surface area (Å²) in [7, 11) is -2.88. The Hall–Kier alpha value is -1.82. The maximum atomic E-state index is 11.7. The van der Waals surface area contributed by atoms with Crippen molar-refractivity contribution in [2.24, 2.45) is 0 Å². The van der Waals surface area contributed by atoms with Crippen LogP contribution in [-0.2, 0) is 16.4 Å². The van der Waals surface area contributed by atoms with Gasteiger partial charge in [0.25, 0.3) is 0 Å². The third-order valence-electron chi connectivity index (χ3n) is 5.25. The molecule has 3 heterocycles. The van der Waals surface area contributed by atoms with E-state index in [4.69, 9.17) is 0 Å². The molecule has 0 amide bonds. The van der Waals surface area contributed by atoms with Crippen molar-refractivity contribution in [3.05, 3.63) is 47.8 Å². The van der Waals surface area contributed by atoms with Gasteiger partial charge in [0.1, 0.15) is 0 Å². The van der Waals surface area contributed by atoms with Crippen molar-refractivity contribution in [2.75, 3.05) is 23.0 Å². The fourth-order valence-electron chi connectivity index (χ4n) is 3.85. The Bertz CT molecular complexity index is 843. The standard InChI is InChI=1S/C18H23N3O2S/c1-14-6-8-20(18-5-3-2-4-17(14)18)11-15-10-19-21(12-15)16-7-9-24(22,23)13-16/h2-5,10,12,14,16H,6-9,11,13H2,1H3/t14-,16-/m0/s1. The van der Waals surface area contributed by atoms with Gasteiger partial charge in [-0.2, -0.15) is 5.10 Å². The van der Waals surface area contributed by atoms with E-state index in [-0.39, 0.29) is 17.5 Å². The van der Waals surface area contributed by atoms with Gasteiger partial charge >= 0.3 is 0 Å². The van der Waals surface area contributed by atoms with Crippen LogP contribution in [0.3, 0.4) is 0 Å². The number of hydrogen-bond donors (Lipinski definition) is 0. The van der Waals surface area contributed by atoms with Crippen molar-refractivity contribution in [3.8, 4) is 0 Å². The fourth-order valence-corrected chi connectivity index (χ4v) is 5.55. The summed E-state index contributed by atoms with van der Waals surface area (Å²) in [5.74, 6) is 1.10. The van der Waals surface area contributed by atoms with Crippen molar-refractivity contribution in [1.82, 2.24) is 9.78 Å². The van der Waals surface area contributed by atoms with Gasteiger partial charge < -0.3 is 4.90 Å². The number of anilines is 1. The van der Waals surface area contributed by atoms with E-state index in [1.54, 1.807) is 0 Å². The summed E-state index contributed by atoms with van der Waals surface area (Å²) in [6.07, 6.45) is 5.73. The van der Waals surface area contributed by atoms with Crippen LogP contribution in [0.25, 0.3) is 0 Å². The molecule has 1 aromatic heterocycles. The van der Waals surface area contributed by atoms with Gasteiger partial charge in [0.15, 0.2) is 9.84 Å². The molecular formula is C18H23N3O2S. The highest BCUT2D eigenvalue weighted by Gasteiger charge is 2.30. The molecule has 2 aromatic rings. The average molecular weight is 345 g/mol. The summed E-state index contributed by atoms with van der Waals surface area (Å²) < 4.78 is 25.2. The number of sulfone groups is 1. The summed E-state index contributed by atoms with van der Waals surface area (Å²) in [4.78, 5) is 2.40. The maximum Gasteiger partial charge on any atom is 0.152 e. The molecule has 2 atom stereocenters. The molecule has 0 bridgehead atoms. The normalized spacial score (nSPS) is 25.6. The highest BCUT2D eigenvalue weighted by molar-refractivity contribution is 7.91. The quantitative estimate of drug-likeness (QED) is 0.858. The molecule has 2 aliphatic heterocycles. The van der Waals surface area contributed by atoms with Gasteiger partial charge in [-0.1, -0.05) is 25.1 Å². The maximum absolute atomic E-state index is 11.7. The number of aromatic nitrogens is 2. The van der Waals surface area contributed by atoms with Crippen LogP contribution in [0, 0.1) is 0 Å². The summed E-state index contributed by atoms with van der Waals surface area (Å²) in [5.41, 5.74) is 3.87. The summed E-state index contributed by atoms with van der Waals surface area (Å²) in [6.45, 7) is 4.15. The van der Waals surface area contributed by atoms with Gasteiger partial charge in [-0.3, -0.25) is 4.68 Å². The second kappa shape index (κ2) is 5.92. The Labute approximate surface area is 143 Å². The first-order valence-corrected chi connectivity index (χ1v) is 10.4. The van der Waals surface area contributed by atoms with Crippen LogP contribution in [0.2, 0.25) is 0 Å². The molecule has 0 unspecified atom stereocenters. The molecule has 4 rings (SSSR count). The Kier molecular flexibility index (Phi) is 3.87. The minimum atomic E-state index is -2.88. The van der Waals surface area contributed by atoms with E-state index in [1.165, 1.54) is 11.3 Å². The van der Waals surface area contributed by atoms with Crippen molar-refractivity contribution in [2.45, 2.75) is 38.3 Å². The van der Waals surface area contributed by atoms with E-state index in [0.29, 0.717) is 12.3 Å². The lowest BCUT2D eigenvalue weighted by Gasteiger charge is -2.34. The Morgan fingerprint density at radius 1 is 1.25 bits per heavy atom. The molecule has 5 nitrogen and oxygen atoms in total. The molecule has 24 heavy (non-hydrogen) atoms. The van der Waals surface area contributed by atoms with Crippen LogP contribution in [-0.4, -0.2) is 36.2 Å². The van der Waals surface area contributed by atoms with Crippen molar-refractivity contribution < 1.29 is 8.42 Å². The van der Waals surface area contributed by atoms with E-state index in [9.17, 15) is 8.42 Å². The first kappa shape index (κ1) is 15.7. The summed E-state index contributed by atoms with van der Waals surface area (Å²) >= 11 is 0. The van der Waals surface area contributed by atoms with Crippen molar-refractivity contribution >= 4 is 15.5 Å². The van der Waals surface area contributed by atoms with Crippen LogP contribution in [0.15, 0.2) is 36.7 Å². The van der Waals surface area contributed by atoms with E-state index in [2.05, 4.69) is 41.2 Å². The number of para-hydroxylation sites is 1. The molecule has 2 aliphatic rings. The number of rotatable bonds is 3. The minimum absolute atomic E-state index is 0.00239. The number of nitrogens with zero attached hydrogens (tertiary/aromatic N) is 3. The zero-order valence-electron chi connectivity index (χ0n) is 13.9. The molecule has 6 heteroatoms. The first-order chi connectivity index (χ1) is 11.5. The number of benzene rings is 1. The van der Waals surface area contributed by atoms with Crippen LogP contribution >= 0.6 is 0 Å². The van der Waals surface area contributed by atoms with E-state index in [0.717, 1.165) is 25.1 Å². The average Bonchev–Trinajstić information content (AvgIpc) is 3.16. The van der Waals surface area contributed by atoms with Gasteiger partial charge in [0.05, 0.1) is 23.7 Å². The van der Waals surface area contributed by atoms with Crippen LogP contribution < -0.4 is 4.90 Å². The van der Waals surface area contributed by atoms with Gasteiger partial charge in [-0.25, -0.2) is 8.42 Å². The molecule has 128 valence electrons. The van der Waals surface area contributed by atoms with Crippen molar-refractivity contribution in [1.29, 1.82) is 0 Å².